The fraction of sp³-hybridized carbons (Fsp3) is 0.400. The predicted molar refractivity (Wildman–Crippen MR) is 57.8 cm³/mol. The van der Waals surface area contributed by atoms with Crippen LogP contribution in [0.2, 0.25) is 0 Å². The molecule has 1 rings (SSSR count). The molecule has 0 fully saturated rings. The van der Waals surface area contributed by atoms with Crippen molar-refractivity contribution < 1.29 is 22.3 Å². The Kier molecular flexibility index (Phi) is 5.71. The van der Waals surface area contributed by atoms with Crippen molar-refractivity contribution in [3.63, 3.8) is 0 Å². The SMILES string of the molecule is COc1ccc(F)c([C@@H](N)CC(F)(F)F)c1.Cl. The van der Waals surface area contributed by atoms with E-state index in [1.165, 1.54) is 19.2 Å². The zero-order valence-corrected chi connectivity index (χ0v) is 9.74. The van der Waals surface area contributed by atoms with Gasteiger partial charge in [-0.3, -0.25) is 0 Å². The van der Waals surface area contributed by atoms with Gasteiger partial charge in [-0.25, -0.2) is 4.39 Å². The molecular formula is C10H12ClF4NO. The Hall–Kier alpha value is -1.01. The van der Waals surface area contributed by atoms with Crippen LogP contribution in [0.1, 0.15) is 18.0 Å². The van der Waals surface area contributed by atoms with E-state index in [0.29, 0.717) is 0 Å². The minimum absolute atomic E-state index is 0. The van der Waals surface area contributed by atoms with Gasteiger partial charge in [0.25, 0.3) is 0 Å². The number of ether oxygens (including phenoxy) is 1. The molecule has 1 aromatic rings. The van der Waals surface area contributed by atoms with Gasteiger partial charge in [0, 0.05) is 11.6 Å². The summed E-state index contributed by atoms with van der Waals surface area (Å²) in [4.78, 5) is 0. The quantitative estimate of drug-likeness (QED) is 0.859. The Labute approximate surface area is 102 Å². The van der Waals surface area contributed by atoms with E-state index in [2.05, 4.69) is 0 Å². The highest BCUT2D eigenvalue weighted by Crippen LogP contribution is 2.30. The molecule has 0 spiro atoms. The molecule has 0 aliphatic rings. The Morgan fingerprint density at radius 3 is 2.41 bits per heavy atom. The Balaban J connectivity index is 0.00000256. The Morgan fingerprint density at radius 1 is 1.35 bits per heavy atom. The van der Waals surface area contributed by atoms with Gasteiger partial charge in [-0.05, 0) is 18.2 Å². The van der Waals surface area contributed by atoms with Gasteiger partial charge in [0.2, 0.25) is 0 Å². The number of hydrogen-bond donors (Lipinski definition) is 1. The lowest BCUT2D eigenvalue weighted by molar-refractivity contribution is -0.138. The average molecular weight is 274 g/mol. The van der Waals surface area contributed by atoms with Gasteiger partial charge >= 0.3 is 6.18 Å². The summed E-state index contributed by atoms with van der Waals surface area (Å²) in [6.07, 6.45) is -5.69. The topological polar surface area (TPSA) is 35.2 Å². The van der Waals surface area contributed by atoms with Gasteiger partial charge in [0.1, 0.15) is 11.6 Å². The molecule has 0 heterocycles. The molecule has 0 aliphatic heterocycles. The second-order valence-electron chi connectivity index (χ2n) is 3.31. The van der Waals surface area contributed by atoms with E-state index in [0.717, 1.165) is 6.07 Å². The lowest BCUT2D eigenvalue weighted by Gasteiger charge is -2.15. The van der Waals surface area contributed by atoms with Crippen LogP contribution in [0.3, 0.4) is 0 Å². The second-order valence-corrected chi connectivity index (χ2v) is 3.31. The fourth-order valence-electron chi connectivity index (χ4n) is 1.29. The monoisotopic (exact) mass is 273 g/mol. The number of hydrogen-bond acceptors (Lipinski definition) is 2. The third-order valence-corrected chi connectivity index (χ3v) is 2.05. The maximum Gasteiger partial charge on any atom is 0.390 e. The summed E-state index contributed by atoms with van der Waals surface area (Å²) in [5.74, 6) is -0.494. The fourth-order valence-corrected chi connectivity index (χ4v) is 1.29. The van der Waals surface area contributed by atoms with Gasteiger partial charge in [0.05, 0.1) is 13.5 Å². The first-order valence-corrected chi connectivity index (χ1v) is 4.49. The molecule has 0 unspecified atom stereocenters. The van der Waals surface area contributed by atoms with Crippen molar-refractivity contribution >= 4 is 12.4 Å². The van der Waals surface area contributed by atoms with Gasteiger partial charge in [-0.15, -0.1) is 12.4 Å². The summed E-state index contributed by atoms with van der Waals surface area (Å²) < 4.78 is 54.2. The van der Waals surface area contributed by atoms with E-state index in [1.807, 2.05) is 0 Å². The van der Waals surface area contributed by atoms with Crippen LogP contribution in [-0.2, 0) is 0 Å². The highest BCUT2D eigenvalue weighted by molar-refractivity contribution is 5.85. The minimum Gasteiger partial charge on any atom is -0.497 e. The standard InChI is InChI=1S/C10H11F4NO.ClH/c1-16-6-2-3-8(11)7(4-6)9(15)5-10(12,13)14;/h2-4,9H,5,15H2,1H3;1H/t9-;/m0./s1. The van der Waals surface area contributed by atoms with Crippen LogP contribution in [0.4, 0.5) is 17.6 Å². The van der Waals surface area contributed by atoms with E-state index in [9.17, 15) is 17.6 Å². The van der Waals surface area contributed by atoms with E-state index in [-0.39, 0.29) is 23.7 Å². The van der Waals surface area contributed by atoms with Crippen molar-refractivity contribution in [1.82, 2.24) is 0 Å². The van der Waals surface area contributed by atoms with Crippen LogP contribution < -0.4 is 10.5 Å². The second kappa shape index (κ2) is 6.07. The van der Waals surface area contributed by atoms with Gasteiger partial charge in [-0.2, -0.15) is 13.2 Å². The molecule has 0 radical (unpaired) electrons. The maximum absolute atomic E-state index is 13.2. The summed E-state index contributed by atoms with van der Waals surface area (Å²) >= 11 is 0. The minimum atomic E-state index is -4.42. The van der Waals surface area contributed by atoms with Crippen LogP contribution >= 0.6 is 12.4 Å². The van der Waals surface area contributed by atoms with Crippen LogP contribution in [0.25, 0.3) is 0 Å². The van der Waals surface area contributed by atoms with Crippen molar-refractivity contribution in [1.29, 1.82) is 0 Å². The molecule has 0 aliphatic carbocycles. The Morgan fingerprint density at radius 2 is 1.94 bits per heavy atom. The number of nitrogens with two attached hydrogens (primary N) is 1. The molecule has 0 saturated carbocycles. The molecule has 2 N–H and O–H groups in total. The molecule has 0 aromatic heterocycles. The average Bonchev–Trinajstić information content (AvgIpc) is 2.15. The largest absolute Gasteiger partial charge is 0.497 e. The number of halogens is 5. The molecular weight excluding hydrogens is 262 g/mol. The number of methoxy groups -OCH3 is 1. The van der Waals surface area contributed by atoms with Crippen molar-refractivity contribution in [2.45, 2.75) is 18.6 Å². The summed E-state index contributed by atoms with van der Waals surface area (Å²) in [7, 11) is 1.34. The van der Waals surface area contributed by atoms with Gasteiger partial charge < -0.3 is 10.5 Å². The van der Waals surface area contributed by atoms with E-state index < -0.39 is 24.5 Å². The first-order chi connectivity index (χ1) is 7.33. The summed E-state index contributed by atoms with van der Waals surface area (Å²) in [5, 5.41) is 0. The molecule has 1 atom stereocenters. The molecule has 0 amide bonds. The van der Waals surface area contributed by atoms with Crippen molar-refractivity contribution in [3.8, 4) is 5.75 Å². The Bertz CT molecular complexity index is 370. The maximum atomic E-state index is 13.2. The van der Waals surface area contributed by atoms with E-state index >= 15 is 0 Å². The third-order valence-electron chi connectivity index (χ3n) is 2.05. The molecule has 1 aromatic carbocycles. The zero-order valence-electron chi connectivity index (χ0n) is 8.92. The summed E-state index contributed by atoms with van der Waals surface area (Å²) in [6, 6.07) is 2.10. The van der Waals surface area contributed by atoms with Crippen LogP contribution in [-0.4, -0.2) is 13.3 Å². The summed E-state index contributed by atoms with van der Waals surface area (Å²) in [6.45, 7) is 0. The molecule has 98 valence electrons. The highest BCUT2D eigenvalue weighted by atomic mass is 35.5. The number of rotatable bonds is 3. The highest BCUT2D eigenvalue weighted by Gasteiger charge is 2.32. The lowest BCUT2D eigenvalue weighted by Crippen LogP contribution is -2.21. The smallest absolute Gasteiger partial charge is 0.390 e. The predicted octanol–water partition coefficient (Wildman–Crippen LogP) is 3.21. The number of benzene rings is 1. The number of alkyl halides is 3. The molecule has 17 heavy (non-hydrogen) atoms. The summed E-state index contributed by atoms with van der Waals surface area (Å²) in [5.41, 5.74) is 5.09. The van der Waals surface area contributed by atoms with Gasteiger partial charge in [0.15, 0.2) is 0 Å². The van der Waals surface area contributed by atoms with Crippen molar-refractivity contribution in [2.75, 3.05) is 7.11 Å². The first kappa shape index (κ1) is 16.0. The van der Waals surface area contributed by atoms with Gasteiger partial charge in [-0.1, -0.05) is 0 Å². The van der Waals surface area contributed by atoms with Crippen molar-refractivity contribution in [3.05, 3.63) is 29.6 Å². The van der Waals surface area contributed by atoms with Crippen molar-refractivity contribution in [2.24, 2.45) is 5.73 Å². The molecule has 0 bridgehead atoms. The molecule has 2 nitrogen and oxygen atoms in total. The lowest BCUT2D eigenvalue weighted by atomic mass is 10.0. The molecule has 0 saturated heterocycles. The van der Waals surface area contributed by atoms with Crippen LogP contribution in [0.15, 0.2) is 18.2 Å². The van der Waals surface area contributed by atoms with E-state index in [1.54, 1.807) is 0 Å². The van der Waals surface area contributed by atoms with Crippen LogP contribution in [0, 0.1) is 5.82 Å². The first-order valence-electron chi connectivity index (χ1n) is 4.49. The third kappa shape index (κ3) is 4.79. The van der Waals surface area contributed by atoms with Crippen LogP contribution in [0.5, 0.6) is 5.75 Å². The zero-order chi connectivity index (χ0) is 12.3. The molecule has 7 heteroatoms. The normalized spacial score (nSPS) is 12.8. The van der Waals surface area contributed by atoms with E-state index in [4.69, 9.17) is 10.5 Å².